The Bertz CT molecular complexity index is 727. The minimum Gasteiger partial charge on any atom is -0.507 e. The molecule has 0 saturated carbocycles. The molecule has 0 aliphatic carbocycles. The van der Waals surface area contributed by atoms with Crippen molar-refractivity contribution in [3.8, 4) is 22.1 Å². The summed E-state index contributed by atoms with van der Waals surface area (Å²) < 4.78 is 1.65. The molecule has 7 heteroatoms. The summed E-state index contributed by atoms with van der Waals surface area (Å²) in [7, 11) is 0. The fourth-order valence-electron chi connectivity index (χ4n) is 1.84. The van der Waals surface area contributed by atoms with E-state index < -0.39 is 0 Å². The molecule has 3 aromatic rings. The first-order valence-corrected chi connectivity index (χ1v) is 6.63. The van der Waals surface area contributed by atoms with E-state index in [1.54, 1.807) is 10.6 Å². The molecule has 0 amide bonds. The van der Waals surface area contributed by atoms with E-state index in [1.165, 1.54) is 23.5 Å². The Morgan fingerprint density at radius 2 is 1.84 bits per heavy atom. The van der Waals surface area contributed by atoms with E-state index in [-0.39, 0.29) is 17.4 Å². The van der Waals surface area contributed by atoms with Crippen LogP contribution in [0.4, 0.5) is 0 Å². The lowest BCUT2D eigenvalue weighted by Crippen LogP contribution is -1.97. The summed E-state index contributed by atoms with van der Waals surface area (Å²) in [5, 5.41) is 32.7. The van der Waals surface area contributed by atoms with Crippen LogP contribution in [0.2, 0.25) is 0 Å². The maximum absolute atomic E-state index is 9.85. The molecule has 1 aromatic carbocycles. The van der Waals surface area contributed by atoms with Crippen molar-refractivity contribution in [3.63, 3.8) is 0 Å². The maximum atomic E-state index is 9.85. The molecule has 0 atom stereocenters. The second kappa shape index (κ2) is 4.20. The van der Waals surface area contributed by atoms with Gasteiger partial charge in [-0.1, -0.05) is 31.3 Å². The number of fused-ring (bicyclic) bond motifs is 1. The van der Waals surface area contributed by atoms with Crippen LogP contribution in [0.25, 0.3) is 15.5 Å². The summed E-state index contributed by atoms with van der Waals surface area (Å²) in [6, 6.07) is 4.61. The number of phenols is 2. The van der Waals surface area contributed by atoms with Gasteiger partial charge in [-0.2, -0.15) is 9.61 Å². The molecule has 3 rings (SSSR count). The van der Waals surface area contributed by atoms with Crippen molar-refractivity contribution >= 4 is 16.3 Å². The van der Waals surface area contributed by atoms with Crippen LogP contribution < -0.4 is 0 Å². The number of hydrogen-bond acceptors (Lipinski definition) is 6. The van der Waals surface area contributed by atoms with Crippen molar-refractivity contribution in [1.82, 2.24) is 19.8 Å². The van der Waals surface area contributed by atoms with E-state index in [1.807, 2.05) is 13.8 Å². The fourth-order valence-corrected chi connectivity index (χ4v) is 2.75. The van der Waals surface area contributed by atoms with Crippen molar-refractivity contribution in [2.45, 2.75) is 19.8 Å². The Morgan fingerprint density at radius 1 is 1.16 bits per heavy atom. The minimum absolute atomic E-state index is 0.00365. The SMILES string of the molecule is CC(C)c1nnc2sc(-c3c(O)cccc3O)nn12. The van der Waals surface area contributed by atoms with Crippen LogP contribution in [0.5, 0.6) is 11.5 Å². The van der Waals surface area contributed by atoms with Gasteiger partial charge in [0.1, 0.15) is 11.5 Å². The van der Waals surface area contributed by atoms with Gasteiger partial charge in [-0.15, -0.1) is 10.2 Å². The number of hydrogen-bond donors (Lipinski definition) is 2. The fraction of sp³-hybridized carbons (Fsp3) is 0.250. The third-order valence-corrected chi connectivity index (χ3v) is 3.68. The molecule has 6 nitrogen and oxygen atoms in total. The van der Waals surface area contributed by atoms with E-state index in [9.17, 15) is 10.2 Å². The molecule has 19 heavy (non-hydrogen) atoms. The highest BCUT2D eigenvalue weighted by Gasteiger charge is 2.18. The lowest BCUT2D eigenvalue weighted by molar-refractivity contribution is 0.454. The summed E-state index contributed by atoms with van der Waals surface area (Å²) in [6.07, 6.45) is 0. The second-order valence-electron chi connectivity index (χ2n) is 4.49. The van der Waals surface area contributed by atoms with Gasteiger partial charge in [0, 0.05) is 5.92 Å². The normalized spacial score (nSPS) is 11.5. The van der Waals surface area contributed by atoms with Gasteiger partial charge >= 0.3 is 0 Å². The standard InChI is InChI=1S/C12H12N4O2S/c1-6(2)10-13-14-12-16(10)15-11(19-12)9-7(17)4-3-5-8(9)18/h3-6,17-18H,1-2H3. The Labute approximate surface area is 113 Å². The van der Waals surface area contributed by atoms with Crippen LogP contribution in [0.1, 0.15) is 25.6 Å². The first-order chi connectivity index (χ1) is 9.08. The predicted octanol–water partition coefficient (Wildman–Crippen LogP) is 2.39. The van der Waals surface area contributed by atoms with Crippen LogP contribution in [0.3, 0.4) is 0 Å². The molecule has 0 saturated heterocycles. The van der Waals surface area contributed by atoms with E-state index in [4.69, 9.17) is 0 Å². The van der Waals surface area contributed by atoms with Gasteiger partial charge in [0.25, 0.3) is 0 Å². The summed E-state index contributed by atoms with van der Waals surface area (Å²) in [4.78, 5) is 0.640. The zero-order valence-electron chi connectivity index (χ0n) is 10.4. The second-order valence-corrected chi connectivity index (χ2v) is 5.44. The molecular formula is C12H12N4O2S. The predicted molar refractivity (Wildman–Crippen MR) is 71.5 cm³/mol. The van der Waals surface area contributed by atoms with Crippen molar-refractivity contribution in [3.05, 3.63) is 24.0 Å². The molecule has 0 bridgehead atoms. The smallest absolute Gasteiger partial charge is 0.234 e. The van der Waals surface area contributed by atoms with Gasteiger partial charge in [0.15, 0.2) is 10.8 Å². The van der Waals surface area contributed by atoms with Gasteiger partial charge in [-0.25, -0.2) is 0 Å². The molecular weight excluding hydrogens is 264 g/mol. The lowest BCUT2D eigenvalue weighted by atomic mass is 10.2. The van der Waals surface area contributed by atoms with Gasteiger partial charge in [0.2, 0.25) is 4.96 Å². The zero-order valence-corrected chi connectivity index (χ0v) is 11.2. The van der Waals surface area contributed by atoms with Crippen LogP contribution in [0.15, 0.2) is 18.2 Å². The molecule has 0 aliphatic rings. The van der Waals surface area contributed by atoms with Crippen molar-refractivity contribution in [2.75, 3.05) is 0 Å². The third kappa shape index (κ3) is 1.82. The Balaban J connectivity index is 2.21. The Hall–Kier alpha value is -2.15. The van der Waals surface area contributed by atoms with E-state index >= 15 is 0 Å². The number of phenolic OH excluding ortho intramolecular Hbond substituents is 2. The number of rotatable bonds is 2. The van der Waals surface area contributed by atoms with Crippen LogP contribution in [-0.4, -0.2) is 30.0 Å². The van der Waals surface area contributed by atoms with E-state index in [2.05, 4.69) is 15.3 Å². The third-order valence-electron chi connectivity index (χ3n) is 2.77. The van der Waals surface area contributed by atoms with Crippen LogP contribution in [-0.2, 0) is 0 Å². The molecule has 2 heterocycles. The average molecular weight is 276 g/mol. The van der Waals surface area contributed by atoms with Gasteiger partial charge in [-0.05, 0) is 12.1 Å². The van der Waals surface area contributed by atoms with Gasteiger partial charge in [-0.3, -0.25) is 0 Å². The molecule has 0 fully saturated rings. The number of nitrogens with zero attached hydrogens (tertiary/aromatic N) is 4. The van der Waals surface area contributed by atoms with Crippen LogP contribution >= 0.6 is 11.3 Å². The molecule has 0 radical (unpaired) electrons. The number of benzene rings is 1. The molecule has 2 N–H and O–H groups in total. The highest BCUT2D eigenvalue weighted by atomic mass is 32.1. The molecule has 98 valence electrons. The monoisotopic (exact) mass is 276 g/mol. The molecule has 2 aromatic heterocycles. The Kier molecular flexibility index (Phi) is 2.63. The van der Waals surface area contributed by atoms with Crippen molar-refractivity contribution in [2.24, 2.45) is 0 Å². The first-order valence-electron chi connectivity index (χ1n) is 5.81. The first kappa shape index (κ1) is 11.9. The summed E-state index contributed by atoms with van der Waals surface area (Å²) >= 11 is 1.28. The summed E-state index contributed by atoms with van der Waals surface area (Å²) in [5.41, 5.74) is 0.327. The van der Waals surface area contributed by atoms with Crippen LogP contribution in [0, 0.1) is 0 Å². The van der Waals surface area contributed by atoms with E-state index in [0.29, 0.717) is 15.5 Å². The largest absolute Gasteiger partial charge is 0.507 e. The van der Waals surface area contributed by atoms with Gasteiger partial charge < -0.3 is 10.2 Å². The molecule has 0 aliphatic heterocycles. The Morgan fingerprint density at radius 3 is 2.47 bits per heavy atom. The quantitative estimate of drug-likeness (QED) is 0.750. The topological polar surface area (TPSA) is 83.5 Å². The summed E-state index contributed by atoms with van der Waals surface area (Å²) in [6.45, 7) is 4.01. The van der Waals surface area contributed by atoms with Crippen molar-refractivity contribution in [1.29, 1.82) is 0 Å². The van der Waals surface area contributed by atoms with Crippen molar-refractivity contribution < 1.29 is 10.2 Å². The lowest BCUT2D eigenvalue weighted by Gasteiger charge is -2.02. The van der Waals surface area contributed by atoms with E-state index in [0.717, 1.165) is 5.82 Å². The number of aromatic nitrogens is 4. The highest BCUT2D eigenvalue weighted by molar-refractivity contribution is 7.19. The summed E-state index contributed by atoms with van der Waals surface area (Å²) in [5.74, 6) is 0.947. The minimum atomic E-state index is -0.00365. The molecule has 0 unspecified atom stereocenters. The zero-order chi connectivity index (χ0) is 13.6. The number of aromatic hydroxyl groups is 2. The highest BCUT2D eigenvalue weighted by Crippen LogP contribution is 2.39. The average Bonchev–Trinajstić information content (AvgIpc) is 2.87. The molecule has 0 spiro atoms. The van der Waals surface area contributed by atoms with Gasteiger partial charge in [0.05, 0.1) is 5.56 Å². The maximum Gasteiger partial charge on any atom is 0.234 e.